The van der Waals surface area contributed by atoms with Gasteiger partial charge in [-0.15, -0.1) is 31.2 Å². The second-order valence-corrected chi connectivity index (χ2v) is 8.51. The standard InChI is InChI=1S/C9H11.C9H13.C7H6.CH3.2ClH.Zr/c1-2-5-9-7-3-6-8(9)4-1;1-9(2,3)8-6-4-5-7-8;1-7-5-3-2-4-6-7;;;;/h3,6-7H,1-2,4-5H2;6-7H,4H2,1-3H3;1-6H;1H3;2*1H;/q2*-1;;-1;;;. The van der Waals surface area contributed by atoms with Gasteiger partial charge in [-0.1, -0.05) is 51.9 Å². The molecule has 2 aromatic carbocycles. The molecule has 4 rings (SSSR count). The molecule has 0 amide bonds. The number of benzene rings is 1. The van der Waals surface area contributed by atoms with Crippen LogP contribution in [0.4, 0.5) is 0 Å². The third kappa shape index (κ3) is 11.4. The van der Waals surface area contributed by atoms with Crippen LogP contribution >= 0.6 is 24.8 Å². The zero-order valence-corrected chi connectivity index (χ0v) is 22.3. The molecule has 0 aromatic heterocycles. The van der Waals surface area contributed by atoms with Crippen molar-refractivity contribution in [2.24, 2.45) is 5.41 Å². The molecule has 3 heteroatoms. The van der Waals surface area contributed by atoms with E-state index in [-0.39, 0.29) is 32.2 Å². The molecule has 0 spiro atoms. The number of halogens is 2. The molecular weight excluding hydrogens is 474 g/mol. The Morgan fingerprint density at radius 3 is 2.10 bits per heavy atom. The molecule has 2 aromatic rings. The maximum absolute atomic E-state index is 3.16. The van der Waals surface area contributed by atoms with Crippen molar-refractivity contribution in [3.8, 4) is 0 Å². The van der Waals surface area contributed by atoms with E-state index in [0.717, 1.165) is 6.42 Å². The van der Waals surface area contributed by atoms with Gasteiger partial charge in [-0.3, -0.25) is 6.08 Å². The predicted molar refractivity (Wildman–Crippen MR) is 131 cm³/mol. The van der Waals surface area contributed by atoms with Crippen LogP contribution in [-0.2, 0) is 37.1 Å². The van der Waals surface area contributed by atoms with Crippen LogP contribution in [0.1, 0.15) is 56.7 Å². The summed E-state index contributed by atoms with van der Waals surface area (Å²) in [4.78, 5) is 0. The molecule has 2 aliphatic carbocycles. The average molecular weight is 510 g/mol. The van der Waals surface area contributed by atoms with Crippen LogP contribution in [0.25, 0.3) is 0 Å². The van der Waals surface area contributed by atoms with Crippen molar-refractivity contribution in [1.82, 2.24) is 0 Å². The molecule has 0 fully saturated rings. The zero-order chi connectivity index (χ0) is 18.8. The summed E-state index contributed by atoms with van der Waals surface area (Å²) in [5.41, 5.74) is 6.26. The van der Waals surface area contributed by atoms with Gasteiger partial charge in [0.05, 0.1) is 0 Å². The largest absolute Gasteiger partial charge is 0.210 e. The van der Waals surface area contributed by atoms with Crippen LogP contribution in [0.15, 0.2) is 66.3 Å². The Balaban J connectivity index is 0. The number of aryl methyl sites for hydroxylation is 2. The summed E-state index contributed by atoms with van der Waals surface area (Å²) in [5.74, 6) is 0. The Kier molecular flexibility index (Phi) is 17.0. The summed E-state index contributed by atoms with van der Waals surface area (Å²) in [5, 5.41) is 0. The minimum absolute atomic E-state index is 0. The third-order valence-corrected chi connectivity index (χ3v) is 5.50. The Labute approximate surface area is 206 Å². The monoisotopic (exact) mass is 507 g/mol. The van der Waals surface area contributed by atoms with Crippen molar-refractivity contribution in [1.29, 1.82) is 0 Å². The van der Waals surface area contributed by atoms with Crippen molar-refractivity contribution in [3.05, 3.63) is 96.4 Å². The van der Waals surface area contributed by atoms with E-state index < -0.39 is 0 Å². The van der Waals surface area contributed by atoms with Crippen LogP contribution in [-0.4, -0.2) is 3.71 Å². The van der Waals surface area contributed by atoms with Gasteiger partial charge in [0.15, 0.2) is 0 Å². The molecule has 0 radical (unpaired) electrons. The average Bonchev–Trinajstić information content (AvgIpc) is 3.35. The van der Waals surface area contributed by atoms with Gasteiger partial charge in [-0.2, -0.15) is 34.9 Å². The Bertz CT molecular complexity index is 713. The van der Waals surface area contributed by atoms with E-state index in [4.69, 9.17) is 0 Å². The van der Waals surface area contributed by atoms with Gasteiger partial charge >= 0.3 is 63.8 Å². The molecule has 0 aliphatic heterocycles. The number of hydrogen-bond donors (Lipinski definition) is 0. The van der Waals surface area contributed by atoms with Gasteiger partial charge in [0.25, 0.3) is 0 Å². The van der Waals surface area contributed by atoms with E-state index in [0.29, 0.717) is 5.41 Å². The molecule has 0 heterocycles. The molecule has 0 saturated heterocycles. The van der Waals surface area contributed by atoms with Gasteiger partial charge in [0.1, 0.15) is 0 Å². The molecule has 160 valence electrons. The van der Waals surface area contributed by atoms with E-state index >= 15 is 0 Å². The van der Waals surface area contributed by atoms with Gasteiger partial charge in [0.2, 0.25) is 0 Å². The predicted octanol–water partition coefficient (Wildman–Crippen LogP) is 7.68. The van der Waals surface area contributed by atoms with Crippen molar-refractivity contribution < 1.29 is 24.2 Å². The molecule has 0 nitrogen and oxygen atoms in total. The molecule has 0 bridgehead atoms. The summed E-state index contributed by atoms with van der Waals surface area (Å²) >= 11 is 1.46. The number of fused-ring (bicyclic) bond motifs is 1. The molecular formula is C26H35Cl2Zr-3. The van der Waals surface area contributed by atoms with Crippen LogP contribution in [0.5, 0.6) is 0 Å². The van der Waals surface area contributed by atoms with E-state index in [2.05, 4.69) is 85.2 Å². The molecule has 29 heavy (non-hydrogen) atoms. The topological polar surface area (TPSA) is 0 Å². The van der Waals surface area contributed by atoms with Gasteiger partial charge in [-0.25, -0.2) is 12.1 Å². The smallest absolute Gasteiger partial charge is 0.0512 e. The van der Waals surface area contributed by atoms with Crippen molar-refractivity contribution >= 4 is 28.5 Å². The van der Waals surface area contributed by atoms with Crippen molar-refractivity contribution in [3.63, 3.8) is 0 Å². The van der Waals surface area contributed by atoms with Crippen LogP contribution in [0.2, 0.25) is 0 Å². The number of hydrogen-bond acceptors (Lipinski definition) is 0. The SMILES string of the molecule is CC(C)(C)C1=CC[C-]=C1.Cl.Cl.[CH3-].[Zr]=[CH]c1ccccc1.c1cc2c([cH-]1)CCCC2. The first-order chi connectivity index (χ1) is 12.5. The normalized spacial score (nSPS) is 13.4. The first kappa shape index (κ1) is 30.6. The summed E-state index contributed by atoms with van der Waals surface area (Å²) in [6.07, 6.45) is 13.9. The van der Waals surface area contributed by atoms with Gasteiger partial charge < -0.3 is 7.43 Å². The third-order valence-electron chi connectivity index (χ3n) is 4.68. The Morgan fingerprint density at radius 1 is 1.00 bits per heavy atom. The number of rotatable bonds is 1. The molecule has 0 unspecified atom stereocenters. The van der Waals surface area contributed by atoms with E-state index in [1.165, 1.54) is 61.1 Å². The number of allylic oxidation sites excluding steroid dienone is 4. The second-order valence-electron chi connectivity index (χ2n) is 7.80. The van der Waals surface area contributed by atoms with Gasteiger partial charge in [0, 0.05) is 0 Å². The summed E-state index contributed by atoms with van der Waals surface area (Å²) in [6, 6.07) is 17.0. The maximum Gasteiger partial charge on any atom is -0.0512 e. The summed E-state index contributed by atoms with van der Waals surface area (Å²) in [6.45, 7) is 6.67. The molecule has 0 atom stereocenters. The molecule has 0 saturated carbocycles. The summed E-state index contributed by atoms with van der Waals surface area (Å²) < 4.78 is 2.17. The van der Waals surface area contributed by atoms with Crippen molar-refractivity contribution in [2.75, 3.05) is 0 Å². The Morgan fingerprint density at radius 2 is 1.66 bits per heavy atom. The van der Waals surface area contributed by atoms with Crippen LogP contribution in [0, 0.1) is 18.9 Å². The van der Waals surface area contributed by atoms with Crippen molar-refractivity contribution in [2.45, 2.75) is 52.9 Å². The first-order valence-electron chi connectivity index (χ1n) is 9.57. The minimum atomic E-state index is 0. The van der Waals surface area contributed by atoms with E-state index in [1.54, 1.807) is 11.1 Å². The summed E-state index contributed by atoms with van der Waals surface area (Å²) in [7, 11) is 0. The van der Waals surface area contributed by atoms with Crippen LogP contribution < -0.4 is 0 Å². The van der Waals surface area contributed by atoms with Crippen LogP contribution in [0.3, 0.4) is 0 Å². The second kappa shape index (κ2) is 16.1. The fourth-order valence-electron chi connectivity index (χ4n) is 3.08. The Hall–Kier alpha value is -0.617. The molecule has 0 N–H and O–H groups in total. The quantitative estimate of drug-likeness (QED) is 0.346. The maximum atomic E-state index is 3.16. The van der Waals surface area contributed by atoms with Gasteiger partial charge in [-0.05, 0) is 0 Å². The van der Waals surface area contributed by atoms with E-state index in [1.807, 2.05) is 6.07 Å². The fourth-order valence-corrected chi connectivity index (χ4v) is 3.55. The first-order valence-corrected chi connectivity index (χ1v) is 11.0. The fraction of sp³-hybridized carbons (Fsp3) is 0.346. The zero-order valence-electron chi connectivity index (χ0n) is 18.2. The minimum Gasteiger partial charge on any atom is -0.210 e. The van der Waals surface area contributed by atoms with E-state index in [9.17, 15) is 0 Å². The molecule has 2 aliphatic rings.